The van der Waals surface area contributed by atoms with Crippen LogP contribution in [-0.4, -0.2) is 62.2 Å². The maximum atomic E-state index is 3.89. The molecule has 0 aromatic heterocycles. The fraction of sp³-hybridized carbons (Fsp3) is 1.00. The van der Waals surface area contributed by atoms with Gasteiger partial charge in [0.05, 0.1) is 0 Å². The van der Waals surface area contributed by atoms with Gasteiger partial charge in [0, 0.05) is 18.1 Å². The highest BCUT2D eigenvalue weighted by Gasteiger charge is 2.37. The Labute approximate surface area is 119 Å². The van der Waals surface area contributed by atoms with Crippen molar-refractivity contribution in [2.45, 2.75) is 57.0 Å². The van der Waals surface area contributed by atoms with Crippen LogP contribution < -0.4 is 5.32 Å². The molecular formula is C16H33N3. The summed E-state index contributed by atoms with van der Waals surface area (Å²) in [7, 11) is 6.78. The van der Waals surface area contributed by atoms with Crippen LogP contribution in [0.1, 0.15) is 45.4 Å². The Hall–Kier alpha value is -0.120. The lowest BCUT2D eigenvalue weighted by atomic mass is 9.75. The summed E-state index contributed by atoms with van der Waals surface area (Å²) < 4.78 is 0. The van der Waals surface area contributed by atoms with E-state index in [9.17, 15) is 0 Å². The van der Waals surface area contributed by atoms with Gasteiger partial charge in [-0.05, 0) is 65.8 Å². The molecule has 2 atom stereocenters. The molecule has 2 fully saturated rings. The van der Waals surface area contributed by atoms with Gasteiger partial charge >= 0.3 is 0 Å². The van der Waals surface area contributed by atoms with Crippen LogP contribution in [0.3, 0.4) is 0 Å². The number of nitrogens with one attached hydrogen (secondary N) is 1. The van der Waals surface area contributed by atoms with Crippen molar-refractivity contribution in [3.63, 3.8) is 0 Å². The first-order valence-corrected chi connectivity index (χ1v) is 8.11. The highest BCUT2D eigenvalue weighted by Crippen LogP contribution is 2.35. The van der Waals surface area contributed by atoms with Crippen molar-refractivity contribution < 1.29 is 0 Å². The number of likely N-dealkylation sites (N-methyl/N-ethyl adjacent to an activating group) is 1. The van der Waals surface area contributed by atoms with Crippen molar-refractivity contribution in [3.05, 3.63) is 0 Å². The van der Waals surface area contributed by atoms with E-state index in [4.69, 9.17) is 0 Å². The quantitative estimate of drug-likeness (QED) is 0.842. The van der Waals surface area contributed by atoms with E-state index in [1.807, 2.05) is 0 Å². The van der Waals surface area contributed by atoms with Crippen LogP contribution in [0.5, 0.6) is 0 Å². The molecule has 0 aromatic carbocycles. The van der Waals surface area contributed by atoms with Crippen LogP contribution in [0, 0.1) is 5.92 Å². The normalized spacial score (nSPS) is 34.9. The zero-order valence-electron chi connectivity index (χ0n) is 13.4. The molecule has 1 saturated heterocycles. The number of rotatable bonds is 4. The van der Waals surface area contributed by atoms with E-state index in [1.54, 1.807) is 0 Å². The standard InChI is InChI=1S/C16H33N3/c1-14-6-5-9-16(12-14,18(2)3)13-17-15-7-10-19(4)11-8-15/h14-15,17H,5-13H2,1-4H3. The number of hydrogen-bond donors (Lipinski definition) is 1. The number of likely N-dealkylation sites (tertiary alicyclic amines) is 1. The molecule has 0 radical (unpaired) electrons. The van der Waals surface area contributed by atoms with Gasteiger partial charge in [-0.1, -0.05) is 19.8 Å². The van der Waals surface area contributed by atoms with Gasteiger partial charge in [0.2, 0.25) is 0 Å². The Bertz CT molecular complexity index is 271. The average molecular weight is 267 g/mol. The van der Waals surface area contributed by atoms with Crippen LogP contribution in [0.4, 0.5) is 0 Å². The van der Waals surface area contributed by atoms with E-state index in [0.717, 1.165) is 12.0 Å². The van der Waals surface area contributed by atoms with Crippen molar-refractivity contribution in [2.24, 2.45) is 5.92 Å². The van der Waals surface area contributed by atoms with Crippen LogP contribution in [0.2, 0.25) is 0 Å². The number of hydrogen-bond acceptors (Lipinski definition) is 3. The van der Waals surface area contributed by atoms with Crippen molar-refractivity contribution in [1.82, 2.24) is 15.1 Å². The summed E-state index contributed by atoms with van der Waals surface area (Å²) in [6.45, 7) is 6.11. The predicted octanol–water partition coefficient (Wildman–Crippen LogP) is 2.18. The monoisotopic (exact) mass is 267 g/mol. The summed E-state index contributed by atoms with van der Waals surface area (Å²) in [6.07, 6.45) is 8.17. The summed E-state index contributed by atoms with van der Waals surface area (Å²) >= 11 is 0. The maximum absolute atomic E-state index is 3.89. The molecule has 3 nitrogen and oxygen atoms in total. The zero-order valence-corrected chi connectivity index (χ0v) is 13.4. The highest BCUT2D eigenvalue weighted by molar-refractivity contribution is 4.95. The van der Waals surface area contributed by atoms with Crippen LogP contribution >= 0.6 is 0 Å². The lowest BCUT2D eigenvalue weighted by molar-refractivity contribution is 0.0690. The molecule has 2 unspecified atom stereocenters. The third-order valence-corrected chi connectivity index (χ3v) is 5.45. The van der Waals surface area contributed by atoms with Gasteiger partial charge in [0.25, 0.3) is 0 Å². The third-order valence-electron chi connectivity index (χ3n) is 5.45. The molecular weight excluding hydrogens is 234 g/mol. The van der Waals surface area contributed by atoms with E-state index in [0.29, 0.717) is 5.54 Å². The molecule has 0 spiro atoms. The minimum atomic E-state index is 0.404. The summed E-state index contributed by atoms with van der Waals surface area (Å²) in [6, 6.07) is 0.741. The van der Waals surface area contributed by atoms with E-state index in [2.05, 4.69) is 43.2 Å². The average Bonchev–Trinajstić information content (AvgIpc) is 2.38. The lowest BCUT2D eigenvalue weighted by Crippen LogP contribution is -2.56. The molecule has 0 amide bonds. The van der Waals surface area contributed by atoms with Crippen molar-refractivity contribution in [2.75, 3.05) is 40.8 Å². The van der Waals surface area contributed by atoms with Crippen molar-refractivity contribution in [1.29, 1.82) is 0 Å². The molecule has 1 saturated carbocycles. The van der Waals surface area contributed by atoms with Crippen LogP contribution in [-0.2, 0) is 0 Å². The lowest BCUT2D eigenvalue weighted by Gasteiger charge is -2.46. The molecule has 0 aromatic rings. The SMILES string of the molecule is CC1CCCC(CNC2CCN(C)CC2)(N(C)C)C1. The summed E-state index contributed by atoms with van der Waals surface area (Å²) in [5.41, 5.74) is 0.404. The molecule has 2 aliphatic rings. The third kappa shape index (κ3) is 3.93. The predicted molar refractivity (Wildman–Crippen MR) is 82.6 cm³/mol. The minimum absolute atomic E-state index is 0.404. The first-order chi connectivity index (χ1) is 9.02. The summed E-state index contributed by atoms with van der Waals surface area (Å²) in [4.78, 5) is 4.94. The van der Waals surface area contributed by atoms with Gasteiger partial charge in [-0.2, -0.15) is 0 Å². The molecule has 0 bridgehead atoms. The summed E-state index contributed by atoms with van der Waals surface area (Å²) in [5, 5.41) is 3.89. The first kappa shape index (κ1) is 15.3. The van der Waals surface area contributed by atoms with Gasteiger partial charge in [-0.3, -0.25) is 0 Å². The van der Waals surface area contributed by atoms with Gasteiger partial charge in [-0.15, -0.1) is 0 Å². The van der Waals surface area contributed by atoms with E-state index >= 15 is 0 Å². The minimum Gasteiger partial charge on any atom is -0.312 e. The fourth-order valence-corrected chi connectivity index (χ4v) is 3.90. The van der Waals surface area contributed by atoms with Crippen LogP contribution in [0.25, 0.3) is 0 Å². The molecule has 1 N–H and O–H groups in total. The summed E-state index contributed by atoms with van der Waals surface area (Å²) in [5.74, 6) is 0.885. The second kappa shape index (κ2) is 6.55. The van der Waals surface area contributed by atoms with Gasteiger partial charge < -0.3 is 15.1 Å². The smallest absolute Gasteiger partial charge is 0.0330 e. The van der Waals surface area contributed by atoms with E-state index < -0.39 is 0 Å². The van der Waals surface area contributed by atoms with Gasteiger partial charge in [-0.25, -0.2) is 0 Å². The Kier molecular flexibility index (Phi) is 5.27. The van der Waals surface area contributed by atoms with Gasteiger partial charge in [0.15, 0.2) is 0 Å². The van der Waals surface area contributed by atoms with Gasteiger partial charge in [0.1, 0.15) is 0 Å². The fourth-order valence-electron chi connectivity index (χ4n) is 3.90. The largest absolute Gasteiger partial charge is 0.312 e. The second-order valence-corrected chi connectivity index (χ2v) is 7.28. The Morgan fingerprint density at radius 1 is 1.21 bits per heavy atom. The van der Waals surface area contributed by atoms with E-state index in [-0.39, 0.29) is 0 Å². The van der Waals surface area contributed by atoms with E-state index in [1.165, 1.54) is 58.2 Å². The van der Waals surface area contributed by atoms with Crippen molar-refractivity contribution >= 4 is 0 Å². The van der Waals surface area contributed by atoms with Crippen molar-refractivity contribution in [3.8, 4) is 0 Å². The topological polar surface area (TPSA) is 18.5 Å². The molecule has 1 heterocycles. The molecule has 3 heteroatoms. The highest BCUT2D eigenvalue weighted by atomic mass is 15.2. The molecule has 2 rings (SSSR count). The second-order valence-electron chi connectivity index (χ2n) is 7.28. The molecule has 1 aliphatic carbocycles. The molecule has 1 aliphatic heterocycles. The number of piperidine rings is 1. The Morgan fingerprint density at radius 2 is 1.89 bits per heavy atom. The Balaban J connectivity index is 1.87. The maximum Gasteiger partial charge on any atom is 0.0330 e. The molecule has 19 heavy (non-hydrogen) atoms. The zero-order chi connectivity index (χ0) is 13.9. The van der Waals surface area contributed by atoms with Crippen LogP contribution in [0.15, 0.2) is 0 Å². The first-order valence-electron chi connectivity index (χ1n) is 8.11. The number of nitrogens with zero attached hydrogens (tertiary/aromatic N) is 2. The Morgan fingerprint density at radius 3 is 2.47 bits per heavy atom. The molecule has 112 valence electrons.